The van der Waals surface area contributed by atoms with Crippen LogP contribution in [0.5, 0.6) is 0 Å². The number of benzene rings is 2. The van der Waals surface area contributed by atoms with Crippen LogP contribution in [-0.4, -0.2) is 31.0 Å². The first-order chi connectivity index (χ1) is 12.5. The predicted molar refractivity (Wildman–Crippen MR) is 103 cm³/mol. The van der Waals surface area contributed by atoms with Gasteiger partial charge in [-0.05, 0) is 53.4 Å². The number of hydrogen-bond donors (Lipinski definition) is 1. The lowest BCUT2D eigenvalue weighted by Crippen LogP contribution is -2.10. The second-order valence-corrected chi connectivity index (χ2v) is 6.74. The standard InChI is InChI=1S/C17H15ClN6OS/c1-11-7-9-13(10-8-11)24-17(21-22-23-24)26-16(12(2)25)20-19-15-6-4-3-5-14(15)18/h3-10,19H,1-2H3/b20-16-. The Balaban J connectivity index is 1.84. The van der Waals surface area contributed by atoms with Crippen molar-refractivity contribution >= 4 is 39.9 Å². The lowest BCUT2D eigenvalue weighted by Gasteiger charge is -2.07. The van der Waals surface area contributed by atoms with Crippen LogP contribution in [0.2, 0.25) is 5.02 Å². The Morgan fingerprint density at radius 1 is 1.19 bits per heavy atom. The molecule has 3 rings (SSSR count). The molecular formula is C17H15ClN6OS. The number of Topliss-reactive ketones (excluding diaryl/α,β-unsaturated/α-hetero) is 1. The fourth-order valence-electron chi connectivity index (χ4n) is 2.01. The van der Waals surface area contributed by atoms with Gasteiger partial charge in [0.2, 0.25) is 5.16 Å². The van der Waals surface area contributed by atoms with E-state index in [0.717, 1.165) is 23.0 Å². The number of carbonyl (C=O) groups is 1. The summed E-state index contributed by atoms with van der Waals surface area (Å²) in [6.45, 7) is 3.43. The third-order valence-electron chi connectivity index (χ3n) is 3.36. The SMILES string of the molecule is CC(=O)/C(=N/Nc1ccccc1Cl)Sc1nnnn1-c1ccc(C)cc1. The number of tetrazole rings is 1. The Morgan fingerprint density at radius 2 is 1.92 bits per heavy atom. The number of carbonyl (C=O) groups excluding carboxylic acids is 1. The quantitative estimate of drug-likeness (QED) is 0.311. The number of anilines is 1. The fourth-order valence-corrected chi connectivity index (χ4v) is 2.90. The predicted octanol–water partition coefficient (Wildman–Crippen LogP) is 3.73. The molecule has 0 aliphatic rings. The van der Waals surface area contributed by atoms with E-state index in [1.807, 2.05) is 43.3 Å². The molecule has 1 aromatic heterocycles. The van der Waals surface area contributed by atoms with E-state index < -0.39 is 0 Å². The first-order valence-electron chi connectivity index (χ1n) is 7.67. The molecule has 0 atom stereocenters. The van der Waals surface area contributed by atoms with Gasteiger partial charge in [-0.1, -0.05) is 41.4 Å². The van der Waals surface area contributed by atoms with Crippen LogP contribution in [0.4, 0.5) is 5.69 Å². The van der Waals surface area contributed by atoms with E-state index >= 15 is 0 Å². The highest BCUT2D eigenvalue weighted by atomic mass is 35.5. The zero-order valence-electron chi connectivity index (χ0n) is 14.0. The van der Waals surface area contributed by atoms with Crippen LogP contribution in [0.15, 0.2) is 58.8 Å². The highest BCUT2D eigenvalue weighted by Gasteiger charge is 2.16. The number of halogens is 1. The van der Waals surface area contributed by atoms with Gasteiger partial charge in [-0.25, -0.2) is 0 Å². The van der Waals surface area contributed by atoms with E-state index in [2.05, 4.69) is 26.1 Å². The summed E-state index contributed by atoms with van der Waals surface area (Å²) in [4.78, 5) is 12.0. The van der Waals surface area contributed by atoms with Gasteiger partial charge in [0.1, 0.15) is 0 Å². The van der Waals surface area contributed by atoms with Crippen molar-refractivity contribution in [2.45, 2.75) is 19.0 Å². The summed E-state index contributed by atoms with van der Waals surface area (Å²) in [6, 6.07) is 14.9. The van der Waals surface area contributed by atoms with Crippen LogP contribution in [0.25, 0.3) is 5.69 Å². The lowest BCUT2D eigenvalue weighted by molar-refractivity contribution is -0.110. The molecule has 0 saturated heterocycles. The number of aryl methyl sites for hydroxylation is 1. The summed E-state index contributed by atoms with van der Waals surface area (Å²) in [6.07, 6.45) is 0. The Kier molecular flexibility index (Phi) is 5.65. The van der Waals surface area contributed by atoms with Crippen LogP contribution < -0.4 is 5.43 Å². The van der Waals surface area contributed by atoms with Crippen LogP contribution in [0.1, 0.15) is 12.5 Å². The lowest BCUT2D eigenvalue weighted by atomic mass is 10.2. The van der Waals surface area contributed by atoms with Gasteiger partial charge in [-0.15, -0.1) is 5.10 Å². The number of hydrogen-bond acceptors (Lipinski definition) is 7. The maximum Gasteiger partial charge on any atom is 0.220 e. The van der Waals surface area contributed by atoms with Crippen molar-refractivity contribution in [1.29, 1.82) is 0 Å². The number of thioether (sulfide) groups is 1. The van der Waals surface area contributed by atoms with Gasteiger partial charge in [0.05, 0.1) is 16.4 Å². The van der Waals surface area contributed by atoms with Crippen molar-refractivity contribution in [1.82, 2.24) is 20.2 Å². The van der Waals surface area contributed by atoms with Crippen molar-refractivity contribution in [3.8, 4) is 5.69 Å². The van der Waals surface area contributed by atoms with Crippen LogP contribution >= 0.6 is 23.4 Å². The molecule has 7 nitrogen and oxygen atoms in total. The van der Waals surface area contributed by atoms with Gasteiger partial charge >= 0.3 is 0 Å². The molecule has 0 aliphatic heterocycles. The summed E-state index contributed by atoms with van der Waals surface area (Å²) in [5.74, 6) is -0.215. The molecule has 0 bridgehead atoms. The van der Waals surface area contributed by atoms with E-state index in [4.69, 9.17) is 11.6 Å². The normalized spacial score (nSPS) is 11.4. The Hall–Kier alpha value is -2.71. The minimum absolute atomic E-state index is 0.215. The first kappa shape index (κ1) is 18.1. The molecule has 0 saturated carbocycles. The average molecular weight is 387 g/mol. The number of rotatable bonds is 5. The number of nitrogens with zero attached hydrogens (tertiary/aromatic N) is 5. The van der Waals surface area contributed by atoms with Crippen molar-refractivity contribution in [2.24, 2.45) is 5.10 Å². The Bertz CT molecular complexity index is 954. The van der Waals surface area contributed by atoms with Gasteiger partial charge in [0.15, 0.2) is 10.8 Å². The average Bonchev–Trinajstić information content (AvgIpc) is 3.08. The molecule has 9 heteroatoms. The Morgan fingerprint density at radius 3 is 2.62 bits per heavy atom. The van der Waals surface area contributed by atoms with E-state index in [-0.39, 0.29) is 10.8 Å². The first-order valence-corrected chi connectivity index (χ1v) is 8.86. The largest absolute Gasteiger partial charge is 0.292 e. The molecule has 0 spiro atoms. The minimum atomic E-state index is -0.215. The smallest absolute Gasteiger partial charge is 0.220 e. The molecule has 0 unspecified atom stereocenters. The summed E-state index contributed by atoms with van der Waals surface area (Å²) in [5, 5.41) is 17.0. The third kappa shape index (κ3) is 4.27. The van der Waals surface area contributed by atoms with Crippen LogP contribution in [0, 0.1) is 6.92 Å². The molecular weight excluding hydrogens is 372 g/mol. The summed E-state index contributed by atoms with van der Waals surface area (Å²) in [5.41, 5.74) is 5.34. The zero-order chi connectivity index (χ0) is 18.5. The van der Waals surface area contributed by atoms with Gasteiger partial charge in [0.25, 0.3) is 0 Å². The molecule has 26 heavy (non-hydrogen) atoms. The maximum atomic E-state index is 12.0. The van der Waals surface area contributed by atoms with Crippen molar-refractivity contribution in [3.05, 3.63) is 59.1 Å². The van der Waals surface area contributed by atoms with Crippen molar-refractivity contribution in [3.63, 3.8) is 0 Å². The molecule has 0 radical (unpaired) electrons. The van der Waals surface area contributed by atoms with Gasteiger partial charge < -0.3 is 0 Å². The summed E-state index contributed by atoms with van der Waals surface area (Å²) in [7, 11) is 0. The monoisotopic (exact) mass is 386 g/mol. The zero-order valence-corrected chi connectivity index (χ0v) is 15.6. The van der Waals surface area contributed by atoms with Gasteiger partial charge in [-0.3, -0.25) is 10.2 Å². The molecule has 132 valence electrons. The second kappa shape index (κ2) is 8.11. The second-order valence-electron chi connectivity index (χ2n) is 5.38. The van der Waals surface area contributed by atoms with E-state index in [1.165, 1.54) is 6.92 Å². The van der Waals surface area contributed by atoms with Gasteiger partial charge in [-0.2, -0.15) is 9.78 Å². The molecule has 3 aromatic rings. The molecule has 0 aliphatic carbocycles. The van der Waals surface area contributed by atoms with E-state index in [9.17, 15) is 4.79 Å². The molecule has 0 amide bonds. The number of hydrazone groups is 1. The molecule has 1 N–H and O–H groups in total. The van der Waals surface area contributed by atoms with Crippen LogP contribution in [0.3, 0.4) is 0 Å². The topological polar surface area (TPSA) is 85.1 Å². The van der Waals surface area contributed by atoms with E-state index in [1.54, 1.807) is 16.8 Å². The number of ketones is 1. The molecule has 1 heterocycles. The fraction of sp³-hybridized carbons (Fsp3) is 0.118. The summed E-state index contributed by atoms with van der Waals surface area (Å²) < 4.78 is 1.55. The third-order valence-corrected chi connectivity index (χ3v) is 4.70. The minimum Gasteiger partial charge on any atom is -0.292 e. The highest BCUT2D eigenvalue weighted by molar-refractivity contribution is 8.15. The van der Waals surface area contributed by atoms with Crippen molar-refractivity contribution < 1.29 is 4.79 Å². The summed E-state index contributed by atoms with van der Waals surface area (Å²) >= 11 is 7.16. The van der Waals surface area contributed by atoms with E-state index in [0.29, 0.717) is 15.9 Å². The molecule has 0 fully saturated rings. The maximum absolute atomic E-state index is 12.0. The number of aromatic nitrogens is 4. The Labute approximate surface area is 159 Å². The number of para-hydroxylation sites is 1. The highest BCUT2D eigenvalue weighted by Crippen LogP contribution is 2.23. The van der Waals surface area contributed by atoms with Crippen molar-refractivity contribution in [2.75, 3.05) is 5.43 Å². The van der Waals surface area contributed by atoms with Gasteiger partial charge in [0, 0.05) is 6.92 Å². The molecule has 2 aromatic carbocycles. The number of nitrogens with one attached hydrogen (secondary N) is 1. The van der Waals surface area contributed by atoms with Crippen LogP contribution in [-0.2, 0) is 4.79 Å².